The van der Waals surface area contributed by atoms with E-state index in [0.717, 1.165) is 13.0 Å². The molecule has 0 spiro atoms. The largest absolute Gasteiger partial charge is 0.497 e. The summed E-state index contributed by atoms with van der Waals surface area (Å²) in [6.45, 7) is 1.31. The summed E-state index contributed by atoms with van der Waals surface area (Å²) in [5.74, 6) is 0.344. The lowest BCUT2D eigenvalue weighted by molar-refractivity contribution is 0.0953. The fourth-order valence-corrected chi connectivity index (χ4v) is 3.70. The molecule has 9 heteroatoms. The first-order chi connectivity index (χ1) is 12.9. The zero-order chi connectivity index (χ0) is 19.9. The first kappa shape index (κ1) is 23.7. The number of nitrogens with one attached hydrogen (secondary N) is 2. The molecular formula is C19H26ClN3O4S. The van der Waals surface area contributed by atoms with E-state index in [1.54, 1.807) is 43.5 Å². The minimum atomic E-state index is -3.79. The second-order valence-corrected chi connectivity index (χ2v) is 7.88. The molecule has 0 aliphatic carbocycles. The molecule has 0 aliphatic heterocycles. The Morgan fingerprint density at radius 2 is 1.79 bits per heavy atom. The summed E-state index contributed by atoms with van der Waals surface area (Å²) in [7, 11) is 1.07. The van der Waals surface area contributed by atoms with Gasteiger partial charge in [0.05, 0.1) is 17.7 Å². The Balaban J connectivity index is 0.00000392. The first-order valence-electron chi connectivity index (χ1n) is 8.56. The van der Waals surface area contributed by atoms with Crippen LogP contribution in [0.25, 0.3) is 0 Å². The Labute approximate surface area is 172 Å². The number of rotatable bonds is 9. The van der Waals surface area contributed by atoms with E-state index in [9.17, 15) is 13.2 Å². The standard InChI is InChI=1S/C19H25N3O4S.ClH/c1-20-12-5-13-21-19(23)15-6-4-7-18(14-15)27(24,25)22(2)16-8-10-17(26-3)11-9-16;/h4,6-11,14,20H,5,12-13H2,1-3H3,(H,21,23);1H. The molecule has 0 aromatic heterocycles. The van der Waals surface area contributed by atoms with Gasteiger partial charge in [0, 0.05) is 19.2 Å². The van der Waals surface area contributed by atoms with E-state index in [1.165, 1.54) is 23.5 Å². The van der Waals surface area contributed by atoms with Crippen molar-refractivity contribution in [2.24, 2.45) is 0 Å². The molecule has 2 rings (SSSR count). The number of hydrogen-bond acceptors (Lipinski definition) is 5. The minimum absolute atomic E-state index is 0. The van der Waals surface area contributed by atoms with Gasteiger partial charge in [0.1, 0.15) is 5.75 Å². The lowest BCUT2D eigenvalue weighted by Gasteiger charge is -2.20. The van der Waals surface area contributed by atoms with E-state index in [-0.39, 0.29) is 23.2 Å². The van der Waals surface area contributed by atoms with E-state index in [1.807, 2.05) is 7.05 Å². The summed E-state index contributed by atoms with van der Waals surface area (Å²) in [4.78, 5) is 12.3. The summed E-state index contributed by atoms with van der Waals surface area (Å²) < 4.78 is 32.1. The number of carbonyl (C=O) groups is 1. The van der Waals surface area contributed by atoms with Crippen molar-refractivity contribution in [1.82, 2.24) is 10.6 Å². The van der Waals surface area contributed by atoms with Gasteiger partial charge in [-0.05, 0) is 62.5 Å². The second kappa shape index (κ2) is 10.9. The molecule has 0 fully saturated rings. The zero-order valence-corrected chi connectivity index (χ0v) is 17.8. The Hall–Kier alpha value is -2.29. The summed E-state index contributed by atoms with van der Waals surface area (Å²) in [5, 5.41) is 5.79. The molecule has 2 N–H and O–H groups in total. The highest BCUT2D eigenvalue weighted by molar-refractivity contribution is 7.92. The minimum Gasteiger partial charge on any atom is -0.497 e. The number of anilines is 1. The number of carbonyl (C=O) groups excluding carboxylic acids is 1. The van der Waals surface area contributed by atoms with E-state index < -0.39 is 10.0 Å². The predicted molar refractivity (Wildman–Crippen MR) is 113 cm³/mol. The van der Waals surface area contributed by atoms with E-state index in [2.05, 4.69) is 10.6 Å². The van der Waals surface area contributed by atoms with Crippen molar-refractivity contribution < 1.29 is 17.9 Å². The van der Waals surface area contributed by atoms with Crippen LogP contribution in [0.5, 0.6) is 5.75 Å². The third-order valence-electron chi connectivity index (χ3n) is 4.08. The summed E-state index contributed by atoms with van der Waals surface area (Å²) in [5.41, 5.74) is 0.807. The topological polar surface area (TPSA) is 87.7 Å². The maximum Gasteiger partial charge on any atom is 0.264 e. The quantitative estimate of drug-likeness (QED) is 0.599. The molecule has 0 aliphatic rings. The maximum absolute atomic E-state index is 12.9. The zero-order valence-electron chi connectivity index (χ0n) is 16.1. The lowest BCUT2D eigenvalue weighted by Crippen LogP contribution is -2.28. The van der Waals surface area contributed by atoms with Crippen LogP contribution in [0.2, 0.25) is 0 Å². The second-order valence-electron chi connectivity index (χ2n) is 5.91. The molecule has 0 radical (unpaired) electrons. The highest BCUT2D eigenvalue weighted by Gasteiger charge is 2.22. The van der Waals surface area contributed by atoms with Crippen molar-refractivity contribution >= 4 is 34.0 Å². The number of halogens is 1. The van der Waals surface area contributed by atoms with Crippen molar-refractivity contribution in [3.63, 3.8) is 0 Å². The van der Waals surface area contributed by atoms with E-state index in [4.69, 9.17) is 4.74 Å². The Morgan fingerprint density at radius 1 is 1.11 bits per heavy atom. The van der Waals surface area contributed by atoms with Gasteiger partial charge in [0.2, 0.25) is 0 Å². The van der Waals surface area contributed by atoms with E-state index in [0.29, 0.717) is 23.5 Å². The summed E-state index contributed by atoms with van der Waals surface area (Å²) in [6.07, 6.45) is 0.792. The molecular weight excluding hydrogens is 402 g/mol. The molecule has 0 bridgehead atoms. The van der Waals surface area contributed by atoms with E-state index >= 15 is 0 Å². The Morgan fingerprint density at radius 3 is 2.39 bits per heavy atom. The third kappa shape index (κ3) is 5.85. The Kier molecular flexibility index (Phi) is 9.24. The van der Waals surface area contributed by atoms with Gasteiger partial charge in [-0.15, -0.1) is 12.4 Å². The van der Waals surface area contributed by atoms with Crippen LogP contribution in [0, 0.1) is 0 Å². The Bertz CT molecular complexity index is 873. The van der Waals surface area contributed by atoms with Gasteiger partial charge in [-0.25, -0.2) is 8.42 Å². The molecule has 0 atom stereocenters. The number of sulfonamides is 1. The monoisotopic (exact) mass is 427 g/mol. The van der Waals surface area contributed by atoms with Crippen LogP contribution in [0.15, 0.2) is 53.4 Å². The predicted octanol–water partition coefficient (Wildman–Crippen LogP) is 2.28. The molecule has 154 valence electrons. The number of methoxy groups -OCH3 is 1. The summed E-state index contributed by atoms with van der Waals surface area (Å²) >= 11 is 0. The first-order valence-corrected chi connectivity index (χ1v) is 10.00. The van der Waals surface area contributed by atoms with Crippen molar-refractivity contribution in [2.45, 2.75) is 11.3 Å². The third-order valence-corrected chi connectivity index (χ3v) is 5.86. The molecule has 28 heavy (non-hydrogen) atoms. The van der Waals surface area contributed by atoms with Crippen LogP contribution in [0.3, 0.4) is 0 Å². The maximum atomic E-state index is 12.9. The molecule has 0 saturated heterocycles. The van der Waals surface area contributed by atoms with Crippen molar-refractivity contribution in [3.05, 3.63) is 54.1 Å². The van der Waals surface area contributed by atoms with Crippen molar-refractivity contribution in [3.8, 4) is 5.75 Å². The average Bonchev–Trinajstić information content (AvgIpc) is 2.70. The molecule has 2 aromatic carbocycles. The molecule has 0 heterocycles. The van der Waals surface area contributed by atoms with Crippen LogP contribution in [0.1, 0.15) is 16.8 Å². The van der Waals surface area contributed by atoms with Gasteiger partial charge in [0.15, 0.2) is 0 Å². The molecule has 0 unspecified atom stereocenters. The van der Waals surface area contributed by atoms with Gasteiger partial charge in [0.25, 0.3) is 15.9 Å². The fourth-order valence-electron chi connectivity index (χ4n) is 2.46. The SMILES string of the molecule is CNCCCNC(=O)c1cccc(S(=O)(=O)N(C)c2ccc(OC)cc2)c1.Cl. The lowest BCUT2D eigenvalue weighted by atomic mass is 10.2. The summed E-state index contributed by atoms with van der Waals surface area (Å²) in [6, 6.07) is 12.7. The van der Waals surface area contributed by atoms with Crippen LogP contribution >= 0.6 is 12.4 Å². The van der Waals surface area contributed by atoms with Crippen LogP contribution in [0.4, 0.5) is 5.69 Å². The van der Waals surface area contributed by atoms with Gasteiger partial charge in [-0.1, -0.05) is 6.07 Å². The van der Waals surface area contributed by atoms with Gasteiger partial charge >= 0.3 is 0 Å². The molecule has 7 nitrogen and oxygen atoms in total. The van der Waals surface area contributed by atoms with Crippen LogP contribution in [-0.2, 0) is 10.0 Å². The fraction of sp³-hybridized carbons (Fsp3) is 0.316. The van der Waals surface area contributed by atoms with Crippen molar-refractivity contribution in [2.75, 3.05) is 38.6 Å². The molecule has 2 aromatic rings. The molecule has 1 amide bonds. The highest BCUT2D eigenvalue weighted by atomic mass is 35.5. The number of amides is 1. The number of benzene rings is 2. The van der Waals surface area contributed by atoms with Gasteiger partial charge in [-0.2, -0.15) is 0 Å². The van der Waals surface area contributed by atoms with Crippen molar-refractivity contribution in [1.29, 1.82) is 0 Å². The van der Waals surface area contributed by atoms with Gasteiger partial charge < -0.3 is 15.4 Å². The normalized spacial score (nSPS) is 10.7. The van der Waals surface area contributed by atoms with Crippen LogP contribution < -0.4 is 19.7 Å². The van der Waals surface area contributed by atoms with Gasteiger partial charge in [-0.3, -0.25) is 9.10 Å². The number of nitrogens with zero attached hydrogens (tertiary/aromatic N) is 1. The van der Waals surface area contributed by atoms with Crippen LogP contribution in [-0.4, -0.2) is 48.6 Å². The highest BCUT2D eigenvalue weighted by Crippen LogP contribution is 2.24. The smallest absolute Gasteiger partial charge is 0.264 e. The molecule has 0 saturated carbocycles. The number of hydrogen-bond donors (Lipinski definition) is 2. The number of ether oxygens (including phenoxy) is 1. The average molecular weight is 428 g/mol.